The van der Waals surface area contributed by atoms with Crippen molar-refractivity contribution >= 4 is 38.9 Å². The maximum absolute atomic E-state index is 14.4. The predicted octanol–water partition coefficient (Wildman–Crippen LogP) is 6.11. The number of halogens is 1. The Hall–Kier alpha value is -2.26. The van der Waals surface area contributed by atoms with E-state index in [0.29, 0.717) is 23.5 Å². The lowest BCUT2D eigenvalue weighted by atomic mass is 9.81. The number of rotatable bonds is 10. The van der Waals surface area contributed by atoms with Crippen LogP contribution in [0.2, 0.25) is 0 Å². The van der Waals surface area contributed by atoms with Gasteiger partial charge in [-0.2, -0.15) is 0 Å². The number of para-hydroxylation sites is 1. The van der Waals surface area contributed by atoms with Crippen molar-refractivity contribution in [1.29, 1.82) is 0 Å². The molecule has 9 heteroatoms. The average Bonchev–Trinajstić information content (AvgIpc) is 2.93. The van der Waals surface area contributed by atoms with E-state index in [0.717, 1.165) is 31.9 Å². The summed E-state index contributed by atoms with van der Waals surface area (Å²) in [5.41, 5.74) is -1.59. The van der Waals surface area contributed by atoms with Gasteiger partial charge in [-0.25, -0.2) is 17.6 Å². The van der Waals surface area contributed by atoms with Crippen molar-refractivity contribution in [2.75, 3.05) is 30.1 Å². The maximum atomic E-state index is 14.4. The van der Waals surface area contributed by atoms with Gasteiger partial charge in [0.1, 0.15) is 12.4 Å². The molecule has 0 aromatic heterocycles. The van der Waals surface area contributed by atoms with Gasteiger partial charge in [-0.3, -0.25) is 0 Å². The highest BCUT2D eigenvalue weighted by Crippen LogP contribution is 2.47. The average molecular weight is 524 g/mol. The predicted molar refractivity (Wildman–Crippen MR) is 139 cm³/mol. The Balaban J connectivity index is 2.19. The van der Waals surface area contributed by atoms with Crippen LogP contribution in [-0.2, 0) is 14.6 Å². The van der Waals surface area contributed by atoms with Crippen LogP contribution >= 0.6 is 11.8 Å². The first-order chi connectivity index (χ1) is 16.5. The topological polar surface area (TPSA) is 83.9 Å². The van der Waals surface area contributed by atoms with E-state index in [9.17, 15) is 17.6 Å². The number of aliphatic carboxylic acids is 1. The van der Waals surface area contributed by atoms with Crippen LogP contribution in [0.4, 0.5) is 15.8 Å². The van der Waals surface area contributed by atoms with E-state index in [1.165, 1.54) is 17.8 Å². The number of unbranched alkanes of at least 4 members (excludes halogenated alkanes) is 1. The molecule has 1 N–H and O–H groups in total. The number of hydrogen-bond donors (Lipinski definition) is 1. The Morgan fingerprint density at radius 2 is 1.94 bits per heavy atom. The first-order valence-corrected chi connectivity index (χ1v) is 14.7. The van der Waals surface area contributed by atoms with Crippen molar-refractivity contribution < 1.29 is 27.4 Å². The highest BCUT2D eigenvalue weighted by Gasteiger charge is 2.42. The molecular weight excluding hydrogens is 489 g/mol. The number of ether oxygens (including phenoxy) is 1. The minimum absolute atomic E-state index is 0.000834. The second-order valence-electron chi connectivity index (χ2n) is 9.40. The summed E-state index contributed by atoms with van der Waals surface area (Å²) in [5, 5.41) is 9.11. The molecule has 0 saturated carbocycles. The largest absolute Gasteiger partial charge is 0.488 e. The van der Waals surface area contributed by atoms with Crippen molar-refractivity contribution in [3.8, 4) is 5.75 Å². The van der Waals surface area contributed by atoms with Crippen LogP contribution in [0, 0.1) is 5.41 Å². The van der Waals surface area contributed by atoms with Gasteiger partial charge in [0, 0.05) is 23.7 Å². The molecule has 0 fully saturated rings. The van der Waals surface area contributed by atoms with Gasteiger partial charge < -0.3 is 14.7 Å². The van der Waals surface area contributed by atoms with E-state index in [1.807, 2.05) is 43.5 Å². The van der Waals surface area contributed by atoms with Crippen LogP contribution in [0.5, 0.6) is 5.75 Å². The second-order valence-corrected chi connectivity index (χ2v) is 12.2. The number of fused-ring (bicyclic) bond motifs is 1. The molecule has 0 radical (unpaired) electrons. The first kappa shape index (κ1) is 27.3. The lowest BCUT2D eigenvalue weighted by Crippen LogP contribution is -2.37. The smallest absolute Gasteiger partial charge is 0.344 e. The first-order valence-electron chi connectivity index (χ1n) is 11.8. The normalized spacial score (nSPS) is 21.0. The molecule has 1 aliphatic rings. The zero-order valence-corrected chi connectivity index (χ0v) is 22.3. The van der Waals surface area contributed by atoms with Crippen molar-refractivity contribution in [1.82, 2.24) is 0 Å². The number of sulfone groups is 1. The summed E-state index contributed by atoms with van der Waals surface area (Å²) in [5.74, 6) is -1.47. The number of alkyl halides is 1. The molecule has 0 amide bonds. The standard InChI is InChI=1S/C26H34FNO5S2/c1-5-7-13-26(6-2)16-28(19-11-9-8-10-12-19)20-14-22(34-4)21(15-23(20)35(31,32)18-26)33-17-25(3,27)24(29)30/h8-12,14-15H,5-7,13,16-18H2,1-4H3,(H,29,30)/t25-,26-/m0/s1. The molecule has 0 spiro atoms. The van der Waals surface area contributed by atoms with Crippen LogP contribution in [0.15, 0.2) is 52.3 Å². The summed E-state index contributed by atoms with van der Waals surface area (Å²) in [7, 11) is -3.73. The third-order valence-corrected chi connectivity index (χ3v) is 9.43. The van der Waals surface area contributed by atoms with E-state index in [4.69, 9.17) is 9.84 Å². The SMILES string of the molecule is CCCC[C@@]1(CC)CN(c2ccccc2)c2cc(SC)c(OC[C@](C)(F)C(=O)O)cc2S(=O)(=O)C1. The number of carboxylic acids is 1. The van der Waals surface area contributed by atoms with Crippen molar-refractivity contribution in [3.63, 3.8) is 0 Å². The molecule has 1 heterocycles. The van der Waals surface area contributed by atoms with Crippen LogP contribution in [-0.4, -0.2) is 50.3 Å². The van der Waals surface area contributed by atoms with Gasteiger partial charge in [-0.1, -0.05) is 44.9 Å². The van der Waals surface area contributed by atoms with Gasteiger partial charge >= 0.3 is 5.97 Å². The Morgan fingerprint density at radius 3 is 2.51 bits per heavy atom. The summed E-state index contributed by atoms with van der Waals surface area (Å²) in [6.45, 7) is 4.89. The molecule has 192 valence electrons. The van der Waals surface area contributed by atoms with Gasteiger partial charge in [0.05, 0.1) is 21.2 Å². The number of hydrogen-bond acceptors (Lipinski definition) is 6. The highest BCUT2D eigenvalue weighted by molar-refractivity contribution is 7.98. The minimum Gasteiger partial charge on any atom is -0.488 e. The van der Waals surface area contributed by atoms with E-state index in [-0.39, 0.29) is 16.4 Å². The number of nitrogens with zero attached hydrogens (tertiary/aromatic N) is 1. The third-order valence-electron chi connectivity index (χ3n) is 6.68. The molecule has 2 aromatic rings. The van der Waals surface area contributed by atoms with Crippen molar-refractivity contribution in [2.24, 2.45) is 5.41 Å². The molecule has 1 aliphatic heterocycles. The number of thioether (sulfide) groups is 1. The van der Waals surface area contributed by atoms with Gasteiger partial charge in [0.25, 0.3) is 0 Å². The van der Waals surface area contributed by atoms with Crippen LogP contribution in [0.25, 0.3) is 0 Å². The summed E-state index contributed by atoms with van der Waals surface area (Å²) < 4.78 is 47.6. The lowest BCUT2D eigenvalue weighted by Gasteiger charge is -2.36. The lowest BCUT2D eigenvalue weighted by molar-refractivity contribution is -0.151. The summed E-state index contributed by atoms with van der Waals surface area (Å²) in [6, 6.07) is 12.9. The number of carbonyl (C=O) groups is 1. The highest BCUT2D eigenvalue weighted by atomic mass is 32.2. The molecule has 0 saturated heterocycles. The molecule has 2 atom stereocenters. The molecule has 3 rings (SSSR count). The third kappa shape index (κ3) is 5.94. The molecule has 0 aliphatic carbocycles. The number of anilines is 2. The fraction of sp³-hybridized carbons (Fsp3) is 0.500. The zero-order valence-electron chi connectivity index (χ0n) is 20.7. The second kappa shape index (κ2) is 10.8. The molecular formula is C26H34FNO5S2. The molecule has 35 heavy (non-hydrogen) atoms. The minimum atomic E-state index is -3.73. The Bertz CT molecular complexity index is 1150. The molecule has 0 bridgehead atoms. The number of carboxylic acid groups (broad SMARTS) is 1. The molecule has 6 nitrogen and oxygen atoms in total. The molecule has 2 aromatic carbocycles. The van der Waals surface area contributed by atoms with Crippen LogP contribution in [0.1, 0.15) is 46.5 Å². The summed E-state index contributed by atoms with van der Waals surface area (Å²) in [4.78, 5) is 14.0. The van der Waals surface area contributed by atoms with E-state index in [1.54, 1.807) is 6.07 Å². The fourth-order valence-corrected chi connectivity index (χ4v) is 7.14. The Labute approximate surface area is 211 Å². The van der Waals surface area contributed by atoms with Crippen molar-refractivity contribution in [3.05, 3.63) is 42.5 Å². The fourth-order valence-electron chi connectivity index (χ4n) is 4.42. The van der Waals surface area contributed by atoms with Gasteiger partial charge in [0.2, 0.25) is 5.67 Å². The van der Waals surface area contributed by atoms with E-state index in [2.05, 4.69) is 11.8 Å². The molecule has 0 unspecified atom stereocenters. The van der Waals surface area contributed by atoms with Gasteiger partial charge in [-0.15, -0.1) is 11.8 Å². The van der Waals surface area contributed by atoms with Gasteiger partial charge in [-0.05, 0) is 44.2 Å². The van der Waals surface area contributed by atoms with E-state index < -0.39 is 33.5 Å². The van der Waals surface area contributed by atoms with Crippen molar-refractivity contribution in [2.45, 2.75) is 61.9 Å². The quantitative estimate of drug-likeness (QED) is 0.376. The summed E-state index contributed by atoms with van der Waals surface area (Å²) >= 11 is 1.33. The van der Waals surface area contributed by atoms with Gasteiger partial charge in [0.15, 0.2) is 9.84 Å². The maximum Gasteiger partial charge on any atom is 0.344 e. The van der Waals surface area contributed by atoms with Crippen LogP contribution < -0.4 is 9.64 Å². The zero-order chi connectivity index (χ0) is 25.9. The number of benzene rings is 2. The Morgan fingerprint density at radius 1 is 1.26 bits per heavy atom. The Kier molecular flexibility index (Phi) is 8.42. The monoisotopic (exact) mass is 523 g/mol. The summed E-state index contributed by atoms with van der Waals surface area (Å²) in [6.07, 6.45) is 5.21. The van der Waals surface area contributed by atoms with Crippen LogP contribution in [0.3, 0.4) is 0 Å². The van der Waals surface area contributed by atoms with E-state index >= 15 is 0 Å².